The molecule has 5 nitrogen and oxygen atoms in total. The van der Waals surface area contributed by atoms with Crippen molar-refractivity contribution in [3.63, 3.8) is 0 Å². The van der Waals surface area contributed by atoms with Crippen molar-refractivity contribution in [2.24, 2.45) is 0 Å². The van der Waals surface area contributed by atoms with E-state index in [2.05, 4.69) is 5.32 Å². The number of hydrogen-bond acceptors (Lipinski definition) is 4. The van der Waals surface area contributed by atoms with Gasteiger partial charge in [-0.25, -0.2) is 0 Å². The van der Waals surface area contributed by atoms with Gasteiger partial charge in [-0.05, 0) is 30.2 Å². The number of amides is 1. The molecule has 2 aromatic carbocycles. The predicted molar refractivity (Wildman–Crippen MR) is 91.8 cm³/mol. The minimum atomic E-state index is -0.260. The maximum Gasteiger partial charge on any atom is 0.239 e. The number of fused-ring (bicyclic) bond motifs is 1. The molecule has 1 N–H and O–H groups in total. The van der Waals surface area contributed by atoms with E-state index in [0.717, 1.165) is 22.6 Å². The van der Waals surface area contributed by atoms with Crippen LogP contribution >= 0.6 is 0 Å². The lowest BCUT2D eigenvalue weighted by Crippen LogP contribution is -2.42. The molecule has 2 aromatic rings. The maximum atomic E-state index is 12.5. The lowest BCUT2D eigenvalue weighted by molar-refractivity contribution is -0.132. The van der Waals surface area contributed by atoms with E-state index >= 15 is 0 Å². The van der Waals surface area contributed by atoms with Gasteiger partial charge < -0.3 is 19.7 Å². The van der Waals surface area contributed by atoms with Gasteiger partial charge in [-0.3, -0.25) is 4.79 Å². The van der Waals surface area contributed by atoms with Crippen LogP contribution in [0.1, 0.15) is 18.1 Å². The van der Waals surface area contributed by atoms with Crippen LogP contribution in [0.15, 0.2) is 48.5 Å². The van der Waals surface area contributed by atoms with Gasteiger partial charge in [0.15, 0.2) is 11.5 Å². The topological polar surface area (TPSA) is 50.8 Å². The number of rotatable bonds is 6. The van der Waals surface area contributed by atoms with E-state index in [1.165, 1.54) is 0 Å². The number of hydrogen-bond donors (Lipinski definition) is 1. The van der Waals surface area contributed by atoms with Crippen LogP contribution in [-0.2, 0) is 17.9 Å². The number of carbonyl (C=O) groups excluding carboxylic acids is 1. The van der Waals surface area contributed by atoms with Gasteiger partial charge in [-0.15, -0.1) is 0 Å². The Bertz CT molecular complexity index is 703. The van der Waals surface area contributed by atoms with Crippen molar-refractivity contribution in [1.82, 2.24) is 10.2 Å². The van der Waals surface area contributed by atoms with Crippen LogP contribution in [0.4, 0.5) is 0 Å². The Hall–Kier alpha value is -2.53. The monoisotopic (exact) mass is 326 g/mol. The fourth-order valence-corrected chi connectivity index (χ4v) is 2.67. The Morgan fingerprint density at radius 2 is 1.88 bits per heavy atom. The molecular weight excluding hydrogens is 304 g/mol. The van der Waals surface area contributed by atoms with Crippen molar-refractivity contribution < 1.29 is 14.3 Å². The number of benzene rings is 2. The predicted octanol–water partition coefficient (Wildman–Crippen LogP) is 2.55. The third kappa shape index (κ3) is 3.86. The first-order valence-corrected chi connectivity index (χ1v) is 8.04. The van der Waals surface area contributed by atoms with Crippen molar-refractivity contribution >= 4 is 5.91 Å². The SMILES string of the molecule is C[C@H](NCc1ccc2c(c1)OCO2)C(=O)N(C)Cc1ccccc1. The average Bonchev–Trinajstić information content (AvgIpc) is 3.07. The van der Waals surface area contributed by atoms with E-state index in [1.807, 2.05) is 62.5 Å². The highest BCUT2D eigenvalue weighted by molar-refractivity contribution is 5.81. The normalized spacial score (nSPS) is 13.6. The number of carbonyl (C=O) groups is 1. The summed E-state index contributed by atoms with van der Waals surface area (Å²) < 4.78 is 10.7. The molecule has 1 aliphatic rings. The molecule has 3 rings (SSSR count). The van der Waals surface area contributed by atoms with Crippen LogP contribution in [0.25, 0.3) is 0 Å². The minimum absolute atomic E-state index is 0.0691. The summed E-state index contributed by atoms with van der Waals surface area (Å²) in [4.78, 5) is 14.2. The Labute approximate surface area is 142 Å². The van der Waals surface area contributed by atoms with E-state index in [9.17, 15) is 4.79 Å². The van der Waals surface area contributed by atoms with Crippen molar-refractivity contribution in [1.29, 1.82) is 0 Å². The van der Waals surface area contributed by atoms with Gasteiger partial charge in [0.05, 0.1) is 6.04 Å². The molecule has 0 unspecified atom stereocenters. The summed E-state index contributed by atoms with van der Waals surface area (Å²) >= 11 is 0. The zero-order valence-corrected chi connectivity index (χ0v) is 14.0. The van der Waals surface area contributed by atoms with Gasteiger partial charge in [0.2, 0.25) is 12.7 Å². The molecule has 126 valence electrons. The van der Waals surface area contributed by atoms with Gasteiger partial charge in [-0.2, -0.15) is 0 Å². The zero-order valence-electron chi connectivity index (χ0n) is 14.0. The quantitative estimate of drug-likeness (QED) is 0.886. The van der Waals surface area contributed by atoms with Crippen molar-refractivity contribution in [3.8, 4) is 11.5 Å². The first-order chi connectivity index (χ1) is 11.6. The molecule has 0 bridgehead atoms. The second kappa shape index (κ2) is 7.36. The third-order valence-electron chi connectivity index (χ3n) is 4.06. The lowest BCUT2D eigenvalue weighted by atomic mass is 10.1. The molecule has 1 aliphatic heterocycles. The van der Waals surface area contributed by atoms with Gasteiger partial charge in [0.25, 0.3) is 0 Å². The van der Waals surface area contributed by atoms with Gasteiger partial charge in [0.1, 0.15) is 0 Å². The van der Waals surface area contributed by atoms with E-state index < -0.39 is 0 Å². The highest BCUT2D eigenvalue weighted by atomic mass is 16.7. The fraction of sp³-hybridized carbons (Fsp3) is 0.316. The summed E-state index contributed by atoms with van der Waals surface area (Å²) in [6.07, 6.45) is 0. The highest BCUT2D eigenvalue weighted by Gasteiger charge is 2.18. The number of nitrogens with one attached hydrogen (secondary N) is 1. The molecule has 24 heavy (non-hydrogen) atoms. The second-order valence-electron chi connectivity index (χ2n) is 5.97. The van der Waals surface area contributed by atoms with Gasteiger partial charge >= 0.3 is 0 Å². The molecule has 0 saturated heterocycles. The standard InChI is InChI=1S/C19H22N2O3/c1-14(19(22)21(2)12-15-6-4-3-5-7-15)20-11-16-8-9-17-18(10-16)24-13-23-17/h3-10,14,20H,11-13H2,1-2H3/t14-/m0/s1. The maximum absolute atomic E-state index is 12.5. The number of nitrogens with zero attached hydrogens (tertiary/aromatic N) is 1. The van der Waals surface area contributed by atoms with Gasteiger partial charge in [0, 0.05) is 20.1 Å². The molecule has 0 spiro atoms. The van der Waals surface area contributed by atoms with E-state index in [0.29, 0.717) is 13.1 Å². The first kappa shape index (κ1) is 16.3. The molecule has 0 radical (unpaired) electrons. The fourth-order valence-electron chi connectivity index (χ4n) is 2.67. The largest absolute Gasteiger partial charge is 0.454 e. The summed E-state index contributed by atoms with van der Waals surface area (Å²) in [5.41, 5.74) is 2.18. The van der Waals surface area contributed by atoms with Crippen LogP contribution in [0.5, 0.6) is 11.5 Å². The molecule has 1 atom stereocenters. The Balaban J connectivity index is 1.52. The summed E-state index contributed by atoms with van der Waals surface area (Å²) in [5, 5.41) is 3.27. The molecular formula is C19H22N2O3. The first-order valence-electron chi connectivity index (χ1n) is 8.04. The Morgan fingerprint density at radius 1 is 1.12 bits per heavy atom. The minimum Gasteiger partial charge on any atom is -0.454 e. The Morgan fingerprint density at radius 3 is 2.67 bits per heavy atom. The number of likely N-dealkylation sites (N-methyl/N-ethyl adjacent to an activating group) is 1. The van der Waals surface area contributed by atoms with Crippen LogP contribution in [0.3, 0.4) is 0 Å². The van der Waals surface area contributed by atoms with Crippen LogP contribution < -0.4 is 14.8 Å². The molecule has 5 heteroatoms. The van der Waals surface area contributed by atoms with E-state index in [4.69, 9.17) is 9.47 Å². The smallest absolute Gasteiger partial charge is 0.239 e. The molecule has 1 amide bonds. The van der Waals surface area contributed by atoms with Crippen LogP contribution in [0, 0.1) is 0 Å². The lowest BCUT2D eigenvalue weighted by Gasteiger charge is -2.22. The van der Waals surface area contributed by atoms with Crippen molar-refractivity contribution in [3.05, 3.63) is 59.7 Å². The van der Waals surface area contributed by atoms with E-state index in [-0.39, 0.29) is 18.7 Å². The average molecular weight is 326 g/mol. The third-order valence-corrected chi connectivity index (χ3v) is 4.06. The van der Waals surface area contributed by atoms with Crippen LogP contribution in [-0.4, -0.2) is 30.7 Å². The molecule has 0 saturated carbocycles. The van der Waals surface area contributed by atoms with Crippen molar-refractivity contribution in [2.45, 2.75) is 26.1 Å². The summed E-state index contributed by atoms with van der Waals surface area (Å²) in [6, 6.07) is 15.5. The second-order valence-corrected chi connectivity index (χ2v) is 5.97. The summed E-state index contributed by atoms with van der Waals surface area (Å²) in [5.74, 6) is 1.60. The molecule has 0 aromatic heterocycles. The van der Waals surface area contributed by atoms with Gasteiger partial charge in [-0.1, -0.05) is 36.4 Å². The van der Waals surface area contributed by atoms with E-state index in [1.54, 1.807) is 4.90 Å². The highest BCUT2D eigenvalue weighted by Crippen LogP contribution is 2.32. The Kier molecular flexibility index (Phi) is 5.01. The molecule has 0 aliphatic carbocycles. The van der Waals surface area contributed by atoms with Crippen molar-refractivity contribution in [2.75, 3.05) is 13.8 Å². The van der Waals surface area contributed by atoms with Crippen LogP contribution in [0.2, 0.25) is 0 Å². The molecule has 1 heterocycles. The summed E-state index contributed by atoms with van der Waals surface area (Å²) in [6.45, 7) is 3.36. The summed E-state index contributed by atoms with van der Waals surface area (Å²) in [7, 11) is 1.83. The number of ether oxygens (including phenoxy) is 2. The molecule has 0 fully saturated rings. The zero-order chi connectivity index (χ0) is 16.9.